The van der Waals surface area contributed by atoms with Gasteiger partial charge in [-0.05, 0) is 30.7 Å². The Bertz CT molecular complexity index is 745. The minimum atomic E-state index is -0.245. The van der Waals surface area contributed by atoms with Crippen LogP contribution in [0.3, 0.4) is 0 Å². The molecule has 1 aliphatic rings. The quantitative estimate of drug-likeness (QED) is 0.803. The molecule has 1 atom stereocenters. The van der Waals surface area contributed by atoms with Crippen LogP contribution in [-0.4, -0.2) is 34.4 Å². The van der Waals surface area contributed by atoms with E-state index in [4.69, 9.17) is 4.74 Å². The standard InChI is InChI=1S/C15H15FN4OS/c16-12-3-1-11(2-4-12)13-8-20-15(18-13)22-14(19-20)17-7-10-5-6-21-9-10/h1-4,8,10H,5-7,9H2,(H,17,19). The van der Waals surface area contributed by atoms with Crippen LogP contribution in [0.15, 0.2) is 30.5 Å². The van der Waals surface area contributed by atoms with Crippen molar-refractivity contribution in [1.29, 1.82) is 0 Å². The molecular formula is C15H15FN4OS. The number of hydrogen-bond donors (Lipinski definition) is 1. The third-order valence-electron chi connectivity index (χ3n) is 3.75. The molecule has 1 aromatic carbocycles. The Morgan fingerprint density at radius 3 is 2.95 bits per heavy atom. The van der Waals surface area contributed by atoms with Crippen molar-refractivity contribution >= 4 is 21.4 Å². The maximum Gasteiger partial charge on any atom is 0.214 e. The van der Waals surface area contributed by atoms with Crippen molar-refractivity contribution in [2.24, 2.45) is 5.92 Å². The lowest BCUT2D eigenvalue weighted by Gasteiger charge is -2.06. The van der Waals surface area contributed by atoms with Gasteiger partial charge in [-0.2, -0.15) is 0 Å². The fraction of sp³-hybridized carbons (Fsp3) is 0.333. The molecule has 3 heterocycles. The molecule has 114 valence electrons. The first kappa shape index (κ1) is 13.7. The van der Waals surface area contributed by atoms with Crippen LogP contribution < -0.4 is 5.32 Å². The molecule has 4 rings (SSSR count). The topological polar surface area (TPSA) is 51.5 Å². The van der Waals surface area contributed by atoms with Gasteiger partial charge in [0.1, 0.15) is 5.82 Å². The minimum Gasteiger partial charge on any atom is -0.381 e. The lowest BCUT2D eigenvalue weighted by atomic mass is 10.1. The Morgan fingerprint density at radius 2 is 2.23 bits per heavy atom. The highest BCUT2D eigenvalue weighted by molar-refractivity contribution is 7.20. The molecule has 7 heteroatoms. The van der Waals surface area contributed by atoms with Gasteiger partial charge < -0.3 is 10.1 Å². The number of aromatic nitrogens is 3. The SMILES string of the molecule is Fc1ccc(-c2cn3nc(NCC4CCOC4)sc3n2)cc1. The average Bonchev–Trinajstić information content (AvgIpc) is 3.21. The van der Waals surface area contributed by atoms with Crippen molar-refractivity contribution < 1.29 is 9.13 Å². The monoisotopic (exact) mass is 318 g/mol. The van der Waals surface area contributed by atoms with Gasteiger partial charge >= 0.3 is 0 Å². The maximum absolute atomic E-state index is 13.0. The van der Waals surface area contributed by atoms with Crippen LogP contribution in [0.4, 0.5) is 9.52 Å². The maximum atomic E-state index is 13.0. The van der Waals surface area contributed by atoms with Crippen LogP contribution in [0.5, 0.6) is 0 Å². The highest BCUT2D eigenvalue weighted by Crippen LogP contribution is 2.25. The summed E-state index contributed by atoms with van der Waals surface area (Å²) in [5.41, 5.74) is 1.69. The second-order valence-electron chi connectivity index (χ2n) is 5.38. The molecule has 0 aliphatic carbocycles. The minimum absolute atomic E-state index is 0.245. The van der Waals surface area contributed by atoms with Crippen LogP contribution in [-0.2, 0) is 4.74 Å². The predicted molar refractivity (Wildman–Crippen MR) is 83.7 cm³/mol. The number of halogens is 1. The van der Waals surface area contributed by atoms with E-state index in [0.717, 1.165) is 47.5 Å². The zero-order valence-corrected chi connectivity index (χ0v) is 12.6. The van der Waals surface area contributed by atoms with Crippen LogP contribution in [0, 0.1) is 11.7 Å². The van der Waals surface area contributed by atoms with Gasteiger partial charge in [-0.15, -0.1) is 5.10 Å². The highest BCUT2D eigenvalue weighted by Gasteiger charge is 2.16. The molecule has 0 amide bonds. The van der Waals surface area contributed by atoms with Gasteiger partial charge in [0.15, 0.2) is 0 Å². The van der Waals surface area contributed by atoms with E-state index in [1.165, 1.54) is 23.5 Å². The summed E-state index contributed by atoms with van der Waals surface area (Å²) >= 11 is 1.51. The van der Waals surface area contributed by atoms with Crippen LogP contribution in [0.2, 0.25) is 0 Å². The normalized spacial score (nSPS) is 18.1. The van der Waals surface area contributed by atoms with Crippen molar-refractivity contribution in [1.82, 2.24) is 14.6 Å². The molecule has 0 bridgehead atoms. The summed E-state index contributed by atoms with van der Waals surface area (Å²) in [6.45, 7) is 2.56. The predicted octanol–water partition coefficient (Wildman–Crippen LogP) is 3.05. The number of ether oxygens (including phenoxy) is 1. The molecule has 1 N–H and O–H groups in total. The summed E-state index contributed by atoms with van der Waals surface area (Å²) in [6, 6.07) is 6.32. The van der Waals surface area contributed by atoms with Crippen molar-refractivity contribution in [3.05, 3.63) is 36.3 Å². The molecule has 1 aliphatic heterocycles. The van der Waals surface area contributed by atoms with Gasteiger partial charge in [0.2, 0.25) is 10.1 Å². The number of fused-ring (bicyclic) bond motifs is 1. The first-order valence-electron chi connectivity index (χ1n) is 7.22. The molecular weight excluding hydrogens is 303 g/mol. The summed E-state index contributed by atoms with van der Waals surface area (Å²) in [6.07, 6.45) is 2.97. The molecule has 2 aromatic heterocycles. The molecule has 0 radical (unpaired) electrons. The van der Waals surface area contributed by atoms with Crippen LogP contribution in [0.25, 0.3) is 16.2 Å². The molecule has 22 heavy (non-hydrogen) atoms. The van der Waals surface area contributed by atoms with Gasteiger partial charge in [0.05, 0.1) is 18.5 Å². The van der Waals surface area contributed by atoms with E-state index in [9.17, 15) is 4.39 Å². The van der Waals surface area contributed by atoms with Crippen molar-refractivity contribution in [2.75, 3.05) is 25.1 Å². The molecule has 1 fully saturated rings. The van der Waals surface area contributed by atoms with E-state index in [1.807, 2.05) is 6.20 Å². The second kappa shape index (κ2) is 5.66. The van der Waals surface area contributed by atoms with E-state index in [-0.39, 0.29) is 5.82 Å². The van der Waals surface area contributed by atoms with Crippen LogP contribution >= 0.6 is 11.3 Å². The highest BCUT2D eigenvalue weighted by atomic mass is 32.1. The Hall–Kier alpha value is -1.99. The zero-order chi connectivity index (χ0) is 14.9. The fourth-order valence-electron chi connectivity index (χ4n) is 2.51. The average molecular weight is 318 g/mol. The van der Waals surface area contributed by atoms with Crippen molar-refractivity contribution in [3.63, 3.8) is 0 Å². The number of nitrogens with zero attached hydrogens (tertiary/aromatic N) is 3. The lowest BCUT2D eigenvalue weighted by molar-refractivity contribution is 0.187. The smallest absolute Gasteiger partial charge is 0.214 e. The molecule has 0 spiro atoms. The van der Waals surface area contributed by atoms with E-state index in [0.29, 0.717) is 5.92 Å². The number of imidazole rings is 1. The van der Waals surface area contributed by atoms with Gasteiger partial charge in [0.25, 0.3) is 0 Å². The number of rotatable bonds is 4. The van der Waals surface area contributed by atoms with Gasteiger partial charge in [0, 0.05) is 24.6 Å². The van der Waals surface area contributed by atoms with Gasteiger partial charge in [-0.1, -0.05) is 11.3 Å². The number of anilines is 1. The summed E-state index contributed by atoms with van der Waals surface area (Å²) in [4.78, 5) is 5.37. The third-order valence-corrected chi connectivity index (χ3v) is 4.63. The molecule has 3 aromatic rings. The van der Waals surface area contributed by atoms with Gasteiger partial charge in [-0.25, -0.2) is 13.9 Å². The summed E-state index contributed by atoms with van der Waals surface area (Å²) in [5, 5.41) is 8.69. The van der Waals surface area contributed by atoms with Crippen molar-refractivity contribution in [3.8, 4) is 11.3 Å². The Kier molecular flexibility index (Phi) is 3.51. The van der Waals surface area contributed by atoms with E-state index < -0.39 is 0 Å². The summed E-state index contributed by atoms with van der Waals surface area (Å²) in [7, 11) is 0. The lowest BCUT2D eigenvalue weighted by Crippen LogP contribution is -2.13. The number of hydrogen-bond acceptors (Lipinski definition) is 5. The third kappa shape index (κ3) is 2.69. The Balaban J connectivity index is 1.50. The second-order valence-corrected chi connectivity index (χ2v) is 6.33. The first-order valence-corrected chi connectivity index (χ1v) is 8.03. The molecule has 1 unspecified atom stereocenters. The number of nitrogens with one attached hydrogen (secondary N) is 1. The summed E-state index contributed by atoms with van der Waals surface area (Å²) < 4.78 is 20.1. The van der Waals surface area contributed by atoms with Crippen LogP contribution in [0.1, 0.15) is 6.42 Å². The first-order chi connectivity index (χ1) is 10.8. The Morgan fingerprint density at radius 1 is 1.36 bits per heavy atom. The van der Waals surface area contributed by atoms with E-state index >= 15 is 0 Å². The van der Waals surface area contributed by atoms with Gasteiger partial charge in [-0.3, -0.25) is 0 Å². The number of benzene rings is 1. The van der Waals surface area contributed by atoms with E-state index in [1.54, 1.807) is 16.6 Å². The fourth-order valence-corrected chi connectivity index (χ4v) is 3.30. The Labute approximate surface area is 130 Å². The largest absolute Gasteiger partial charge is 0.381 e. The zero-order valence-electron chi connectivity index (χ0n) is 11.8. The van der Waals surface area contributed by atoms with Crippen molar-refractivity contribution in [2.45, 2.75) is 6.42 Å². The molecule has 0 saturated carbocycles. The van der Waals surface area contributed by atoms with E-state index in [2.05, 4.69) is 15.4 Å². The molecule has 5 nitrogen and oxygen atoms in total. The summed E-state index contributed by atoms with van der Waals surface area (Å²) in [5.74, 6) is 0.316. The molecule has 1 saturated heterocycles.